The van der Waals surface area contributed by atoms with Crippen LogP contribution in [0.1, 0.15) is 51.1 Å². The highest BCUT2D eigenvalue weighted by Crippen LogP contribution is 2.28. The van der Waals surface area contributed by atoms with Gasteiger partial charge in [0.15, 0.2) is 0 Å². The summed E-state index contributed by atoms with van der Waals surface area (Å²) in [6.07, 6.45) is 7.98. The maximum Gasteiger partial charge on any atom is 0.137 e. The Hall–Kier alpha value is -1.13. The van der Waals surface area contributed by atoms with Gasteiger partial charge in [0.05, 0.1) is 17.5 Å². The molecule has 1 aromatic rings. The predicted molar refractivity (Wildman–Crippen MR) is 79.8 cm³/mol. The lowest BCUT2D eigenvalue weighted by Gasteiger charge is -2.31. The number of nitrogens with one attached hydrogen (secondary N) is 1. The number of rotatable bonds is 7. The van der Waals surface area contributed by atoms with Crippen LogP contribution in [0.15, 0.2) is 18.3 Å². The Morgan fingerprint density at radius 2 is 2.10 bits per heavy atom. The SMILES string of the molecule is CCCNCc1ccc(OCC2(O)CCCCC2)cn1. The molecule has 1 aliphatic carbocycles. The Balaban J connectivity index is 1.78. The number of aromatic nitrogens is 1. The van der Waals surface area contributed by atoms with E-state index in [2.05, 4.69) is 17.2 Å². The van der Waals surface area contributed by atoms with Crippen molar-refractivity contribution in [3.8, 4) is 5.75 Å². The van der Waals surface area contributed by atoms with Crippen LogP contribution in [-0.4, -0.2) is 28.8 Å². The molecule has 0 aromatic carbocycles. The summed E-state index contributed by atoms with van der Waals surface area (Å²) in [5, 5.41) is 13.7. The van der Waals surface area contributed by atoms with Crippen molar-refractivity contribution in [1.82, 2.24) is 10.3 Å². The quantitative estimate of drug-likeness (QED) is 0.753. The molecule has 2 rings (SSSR count). The third-order valence-corrected chi connectivity index (χ3v) is 3.82. The van der Waals surface area contributed by atoms with Gasteiger partial charge < -0.3 is 15.2 Å². The normalized spacial score (nSPS) is 17.9. The molecule has 1 aromatic heterocycles. The van der Waals surface area contributed by atoms with Crippen molar-refractivity contribution in [3.63, 3.8) is 0 Å². The van der Waals surface area contributed by atoms with Gasteiger partial charge in [-0.1, -0.05) is 26.2 Å². The molecule has 20 heavy (non-hydrogen) atoms. The molecule has 2 N–H and O–H groups in total. The van der Waals surface area contributed by atoms with Crippen molar-refractivity contribution in [3.05, 3.63) is 24.0 Å². The third-order valence-electron chi connectivity index (χ3n) is 3.82. The van der Waals surface area contributed by atoms with Crippen molar-refractivity contribution in [1.29, 1.82) is 0 Å². The molecule has 1 saturated carbocycles. The van der Waals surface area contributed by atoms with E-state index in [4.69, 9.17) is 4.74 Å². The van der Waals surface area contributed by atoms with Gasteiger partial charge in [-0.3, -0.25) is 4.98 Å². The minimum Gasteiger partial charge on any atom is -0.489 e. The summed E-state index contributed by atoms with van der Waals surface area (Å²) in [6.45, 7) is 4.32. The first kappa shape index (κ1) is 15.3. The van der Waals surface area contributed by atoms with E-state index in [9.17, 15) is 5.11 Å². The molecule has 0 amide bonds. The molecule has 4 nitrogen and oxygen atoms in total. The van der Waals surface area contributed by atoms with E-state index in [1.807, 2.05) is 12.1 Å². The highest BCUT2D eigenvalue weighted by Gasteiger charge is 2.29. The van der Waals surface area contributed by atoms with Gasteiger partial charge in [-0.05, 0) is 37.9 Å². The Morgan fingerprint density at radius 3 is 2.75 bits per heavy atom. The summed E-state index contributed by atoms with van der Waals surface area (Å²) in [5.74, 6) is 0.739. The van der Waals surface area contributed by atoms with Gasteiger partial charge in [-0.15, -0.1) is 0 Å². The highest BCUT2D eigenvalue weighted by atomic mass is 16.5. The topological polar surface area (TPSA) is 54.4 Å². The fraction of sp³-hybridized carbons (Fsp3) is 0.688. The molecule has 0 aliphatic heterocycles. The lowest BCUT2D eigenvalue weighted by Crippen LogP contribution is -2.37. The van der Waals surface area contributed by atoms with Crippen molar-refractivity contribution < 1.29 is 9.84 Å². The fourth-order valence-corrected chi connectivity index (χ4v) is 2.57. The zero-order valence-corrected chi connectivity index (χ0v) is 12.4. The summed E-state index contributed by atoms with van der Waals surface area (Å²) in [7, 11) is 0. The van der Waals surface area contributed by atoms with Crippen LogP contribution in [0.2, 0.25) is 0 Å². The molecule has 4 heteroatoms. The van der Waals surface area contributed by atoms with Gasteiger partial charge in [-0.25, -0.2) is 0 Å². The molecule has 1 aliphatic rings. The van der Waals surface area contributed by atoms with Crippen LogP contribution in [0.5, 0.6) is 5.75 Å². The van der Waals surface area contributed by atoms with E-state index in [0.717, 1.165) is 56.6 Å². The minimum absolute atomic E-state index is 0.377. The second-order valence-electron chi connectivity index (χ2n) is 5.74. The van der Waals surface area contributed by atoms with Gasteiger partial charge in [-0.2, -0.15) is 0 Å². The van der Waals surface area contributed by atoms with E-state index in [1.54, 1.807) is 6.20 Å². The Morgan fingerprint density at radius 1 is 1.30 bits per heavy atom. The second kappa shape index (κ2) is 7.60. The van der Waals surface area contributed by atoms with Crippen LogP contribution < -0.4 is 10.1 Å². The molecule has 0 spiro atoms. The van der Waals surface area contributed by atoms with Crippen LogP contribution in [0.25, 0.3) is 0 Å². The number of aliphatic hydroxyl groups is 1. The van der Waals surface area contributed by atoms with Crippen LogP contribution in [-0.2, 0) is 6.54 Å². The summed E-state index contributed by atoms with van der Waals surface area (Å²) < 4.78 is 5.70. The minimum atomic E-state index is -0.639. The smallest absolute Gasteiger partial charge is 0.137 e. The van der Waals surface area contributed by atoms with Gasteiger partial charge in [0.25, 0.3) is 0 Å². The van der Waals surface area contributed by atoms with Gasteiger partial charge in [0.1, 0.15) is 12.4 Å². The maximum absolute atomic E-state index is 10.4. The zero-order valence-electron chi connectivity index (χ0n) is 12.4. The molecule has 0 unspecified atom stereocenters. The van der Waals surface area contributed by atoms with Crippen LogP contribution >= 0.6 is 0 Å². The predicted octanol–water partition coefficient (Wildman–Crippen LogP) is 2.66. The van der Waals surface area contributed by atoms with E-state index in [1.165, 1.54) is 6.42 Å². The van der Waals surface area contributed by atoms with E-state index >= 15 is 0 Å². The Labute approximate surface area is 121 Å². The van der Waals surface area contributed by atoms with Crippen LogP contribution in [0.4, 0.5) is 0 Å². The van der Waals surface area contributed by atoms with E-state index < -0.39 is 5.60 Å². The standard InChI is InChI=1S/C16H26N2O2/c1-2-10-17-11-14-6-7-15(12-18-14)20-13-16(19)8-4-3-5-9-16/h6-7,12,17,19H,2-5,8-11,13H2,1H3. The van der Waals surface area contributed by atoms with Gasteiger partial charge in [0, 0.05) is 6.54 Å². The van der Waals surface area contributed by atoms with E-state index in [0.29, 0.717) is 6.61 Å². The summed E-state index contributed by atoms with van der Waals surface area (Å²) in [4.78, 5) is 4.37. The van der Waals surface area contributed by atoms with Crippen LogP contribution in [0, 0.1) is 0 Å². The summed E-state index contributed by atoms with van der Waals surface area (Å²) in [5.41, 5.74) is 0.377. The third kappa shape index (κ3) is 4.76. The first-order valence-corrected chi connectivity index (χ1v) is 7.73. The Bertz CT molecular complexity index is 386. The van der Waals surface area contributed by atoms with Crippen LogP contribution in [0.3, 0.4) is 0 Å². The number of pyridine rings is 1. The highest BCUT2D eigenvalue weighted by molar-refractivity contribution is 5.20. The Kier molecular flexibility index (Phi) is 5.80. The lowest BCUT2D eigenvalue weighted by atomic mass is 9.86. The van der Waals surface area contributed by atoms with Gasteiger partial charge >= 0.3 is 0 Å². The molecule has 0 bridgehead atoms. The fourth-order valence-electron chi connectivity index (χ4n) is 2.57. The first-order chi connectivity index (χ1) is 9.72. The molecule has 112 valence electrons. The molecule has 1 fully saturated rings. The number of hydrogen-bond acceptors (Lipinski definition) is 4. The maximum atomic E-state index is 10.4. The first-order valence-electron chi connectivity index (χ1n) is 7.73. The molecular weight excluding hydrogens is 252 g/mol. The van der Waals surface area contributed by atoms with Crippen molar-refractivity contribution in [2.45, 2.75) is 57.6 Å². The average molecular weight is 278 g/mol. The number of nitrogens with zero attached hydrogens (tertiary/aromatic N) is 1. The largest absolute Gasteiger partial charge is 0.489 e. The van der Waals surface area contributed by atoms with Crippen molar-refractivity contribution in [2.75, 3.05) is 13.2 Å². The molecule has 0 atom stereocenters. The number of ether oxygens (including phenoxy) is 1. The lowest BCUT2D eigenvalue weighted by molar-refractivity contribution is -0.0339. The van der Waals surface area contributed by atoms with Gasteiger partial charge in [0.2, 0.25) is 0 Å². The monoisotopic (exact) mass is 278 g/mol. The second-order valence-corrected chi connectivity index (χ2v) is 5.74. The molecule has 1 heterocycles. The van der Waals surface area contributed by atoms with Crippen molar-refractivity contribution >= 4 is 0 Å². The number of hydrogen-bond donors (Lipinski definition) is 2. The summed E-state index contributed by atoms with van der Waals surface area (Å²) in [6, 6.07) is 3.91. The van der Waals surface area contributed by atoms with E-state index in [-0.39, 0.29) is 0 Å². The average Bonchev–Trinajstić information content (AvgIpc) is 2.48. The summed E-state index contributed by atoms with van der Waals surface area (Å²) >= 11 is 0. The molecular formula is C16H26N2O2. The zero-order chi connectivity index (χ0) is 14.3. The van der Waals surface area contributed by atoms with Crippen molar-refractivity contribution in [2.24, 2.45) is 0 Å². The molecule has 0 radical (unpaired) electrons. The molecule has 0 saturated heterocycles.